The van der Waals surface area contributed by atoms with E-state index in [0.29, 0.717) is 12.6 Å². The lowest BCUT2D eigenvalue weighted by atomic mass is 10.1. The lowest BCUT2D eigenvalue weighted by Crippen LogP contribution is -2.43. The summed E-state index contributed by atoms with van der Waals surface area (Å²) in [5.41, 5.74) is -2.05. The second-order valence-corrected chi connectivity index (χ2v) is 9.11. The van der Waals surface area contributed by atoms with Crippen LogP contribution in [-0.2, 0) is 21.0 Å². The Kier molecular flexibility index (Phi) is 5.25. The molecule has 2 aromatic carbocycles. The Bertz CT molecular complexity index is 1070. The van der Waals surface area contributed by atoms with E-state index in [4.69, 9.17) is 9.47 Å². The van der Waals surface area contributed by atoms with Crippen molar-refractivity contribution in [2.45, 2.75) is 28.8 Å². The maximum atomic E-state index is 14.3. The highest BCUT2D eigenvalue weighted by Gasteiger charge is 2.51. The van der Waals surface area contributed by atoms with Crippen molar-refractivity contribution in [2.24, 2.45) is 0 Å². The summed E-state index contributed by atoms with van der Waals surface area (Å²) < 4.78 is 92.2. The Labute approximate surface area is 169 Å². The molecule has 11 heteroatoms. The number of halogens is 4. The van der Waals surface area contributed by atoms with Crippen LogP contribution in [0.15, 0.2) is 35.2 Å². The molecule has 2 aromatic rings. The molecule has 6 nitrogen and oxygen atoms in total. The molecule has 162 valence electrons. The third-order valence-electron chi connectivity index (χ3n) is 4.97. The van der Waals surface area contributed by atoms with Crippen LogP contribution < -0.4 is 10.1 Å². The summed E-state index contributed by atoms with van der Waals surface area (Å²) in [6, 6.07) is 4.47. The molecule has 2 aliphatic rings. The lowest BCUT2D eigenvalue weighted by molar-refractivity contribution is -0.0976. The number of rotatable bonds is 4. The highest BCUT2D eigenvalue weighted by molar-refractivity contribution is 7.92. The minimum Gasteiger partial charge on any atom is -0.457 e. The molecule has 4 rings (SSSR count). The van der Waals surface area contributed by atoms with E-state index in [1.165, 1.54) is 0 Å². The second-order valence-electron chi connectivity index (χ2n) is 7.05. The number of hydrogen-bond acceptors (Lipinski definition) is 6. The van der Waals surface area contributed by atoms with E-state index < -0.39 is 55.8 Å². The maximum Gasteiger partial charge on any atom is 0.281 e. The minimum atomic E-state index is -4.23. The number of aliphatic hydroxyl groups excluding tert-OH is 1. The molecular weight excluding hydrogens is 430 g/mol. The predicted octanol–water partition coefficient (Wildman–Crippen LogP) is 2.70. The lowest BCUT2D eigenvalue weighted by Gasteiger charge is -2.25. The monoisotopic (exact) mass is 447 g/mol. The predicted molar refractivity (Wildman–Crippen MR) is 96.3 cm³/mol. The molecule has 2 N–H and O–H groups in total. The number of aliphatic hydroxyl groups is 1. The Morgan fingerprint density at radius 3 is 2.50 bits per heavy atom. The normalized spacial score (nSPS) is 23.2. The zero-order valence-electron chi connectivity index (χ0n) is 15.4. The smallest absolute Gasteiger partial charge is 0.281 e. The first kappa shape index (κ1) is 21.0. The van der Waals surface area contributed by atoms with Crippen molar-refractivity contribution < 1.29 is 40.6 Å². The fraction of sp³-hybridized carbons (Fsp3) is 0.368. The molecule has 0 radical (unpaired) electrons. The standard InChI is InChI=1S/C19H17F4NO5S/c20-10-5-11(21)7-12(6-10)29-14-1-2-15(17-13(14)8-19(22,23)18(17)25)30(26,27)16-9-24-3-4-28-16/h1-2,5-7,16,18,24-25H,3-4,8-9H2. The maximum absolute atomic E-state index is 14.3. The van der Waals surface area contributed by atoms with Crippen LogP contribution >= 0.6 is 0 Å². The van der Waals surface area contributed by atoms with Gasteiger partial charge < -0.3 is 19.9 Å². The van der Waals surface area contributed by atoms with Gasteiger partial charge in [-0.3, -0.25) is 0 Å². The van der Waals surface area contributed by atoms with Crippen LogP contribution in [0.5, 0.6) is 11.5 Å². The fourth-order valence-corrected chi connectivity index (χ4v) is 5.28. The van der Waals surface area contributed by atoms with E-state index in [1.807, 2.05) is 0 Å². The summed E-state index contributed by atoms with van der Waals surface area (Å²) in [6.07, 6.45) is -3.38. The Morgan fingerprint density at radius 2 is 1.87 bits per heavy atom. The van der Waals surface area contributed by atoms with Crippen molar-refractivity contribution in [3.05, 3.63) is 53.1 Å². The van der Waals surface area contributed by atoms with Gasteiger partial charge in [0.1, 0.15) is 29.2 Å². The molecule has 0 amide bonds. The Morgan fingerprint density at radius 1 is 1.17 bits per heavy atom. The quantitative estimate of drug-likeness (QED) is 0.702. The van der Waals surface area contributed by atoms with E-state index in [1.54, 1.807) is 0 Å². The highest BCUT2D eigenvalue weighted by atomic mass is 32.2. The van der Waals surface area contributed by atoms with Crippen molar-refractivity contribution in [2.75, 3.05) is 19.7 Å². The topological polar surface area (TPSA) is 84.9 Å². The van der Waals surface area contributed by atoms with E-state index in [9.17, 15) is 31.1 Å². The first-order valence-electron chi connectivity index (χ1n) is 9.01. The number of alkyl halides is 2. The molecule has 30 heavy (non-hydrogen) atoms. The molecule has 0 bridgehead atoms. The zero-order chi connectivity index (χ0) is 21.7. The summed E-state index contributed by atoms with van der Waals surface area (Å²) in [5.74, 6) is -6.05. The van der Waals surface area contributed by atoms with Crippen LogP contribution in [0.4, 0.5) is 17.6 Å². The summed E-state index contributed by atoms with van der Waals surface area (Å²) >= 11 is 0. The van der Waals surface area contributed by atoms with Gasteiger partial charge in [-0.2, -0.15) is 0 Å². The van der Waals surface area contributed by atoms with Gasteiger partial charge in [0.2, 0.25) is 9.84 Å². The second kappa shape index (κ2) is 7.49. The molecule has 1 saturated heterocycles. The van der Waals surface area contributed by atoms with Gasteiger partial charge in [0.05, 0.1) is 11.5 Å². The first-order chi connectivity index (χ1) is 14.1. The molecule has 2 unspecified atom stereocenters. The third-order valence-corrected chi connectivity index (χ3v) is 6.93. The molecule has 1 fully saturated rings. The molecule has 1 aliphatic heterocycles. The molecule has 0 saturated carbocycles. The van der Waals surface area contributed by atoms with Gasteiger partial charge in [-0.15, -0.1) is 0 Å². The minimum absolute atomic E-state index is 0.0373. The number of sulfone groups is 1. The molecular formula is C19H17F4NO5S. The van der Waals surface area contributed by atoms with Gasteiger partial charge in [-0.1, -0.05) is 0 Å². The van der Waals surface area contributed by atoms with E-state index in [0.717, 1.165) is 24.3 Å². The first-order valence-corrected chi connectivity index (χ1v) is 10.6. The van der Waals surface area contributed by atoms with E-state index >= 15 is 0 Å². The van der Waals surface area contributed by atoms with Crippen molar-refractivity contribution in [1.82, 2.24) is 5.32 Å². The zero-order valence-corrected chi connectivity index (χ0v) is 16.2. The molecule has 0 spiro atoms. The number of fused-ring (bicyclic) bond motifs is 1. The number of hydrogen-bond donors (Lipinski definition) is 2. The Hall–Kier alpha value is -2.21. The third kappa shape index (κ3) is 3.66. The summed E-state index contributed by atoms with van der Waals surface area (Å²) in [4.78, 5) is -0.492. The van der Waals surface area contributed by atoms with E-state index in [2.05, 4.69) is 5.32 Å². The van der Waals surface area contributed by atoms with Crippen LogP contribution in [-0.4, -0.2) is 44.6 Å². The van der Waals surface area contributed by atoms with Gasteiger partial charge in [0.25, 0.3) is 5.92 Å². The average molecular weight is 447 g/mol. The van der Waals surface area contributed by atoms with Crippen LogP contribution in [0.1, 0.15) is 17.2 Å². The van der Waals surface area contributed by atoms with E-state index in [-0.39, 0.29) is 30.2 Å². The number of nitrogens with one attached hydrogen (secondary N) is 1. The average Bonchev–Trinajstić information content (AvgIpc) is 2.92. The van der Waals surface area contributed by atoms with Crippen molar-refractivity contribution in [3.63, 3.8) is 0 Å². The van der Waals surface area contributed by atoms with Crippen LogP contribution in [0.3, 0.4) is 0 Å². The van der Waals surface area contributed by atoms with Crippen LogP contribution in [0.2, 0.25) is 0 Å². The largest absolute Gasteiger partial charge is 0.457 e. The number of benzene rings is 2. The SMILES string of the molecule is O=S(=O)(c1ccc(Oc2cc(F)cc(F)c2)c2c1C(O)C(F)(F)C2)C1CNCCO1. The fourth-order valence-electron chi connectivity index (χ4n) is 3.59. The van der Waals surface area contributed by atoms with Crippen LogP contribution in [0.25, 0.3) is 0 Å². The summed E-state index contributed by atoms with van der Waals surface area (Å²) in [7, 11) is -4.23. The van der Waals surface area contributed by atoms with Crippen molar-refractivity contribution >= 4 is 9.84 Å². The van der Waals surface area contributed by atoms with Gasteiger partial charge in [0.15, 0.2) is 5.44 Å². The number of ether oxygens (including phenoxy) is 2. The van der Waals surface area contributed by atoms with Crippen molar-refractivity contribution in [3.8, 4) is 11.5 Å². The molecule has 0 aromatic heterocycles. The van der Waals surface area contributed by atoms with Gasteiger partial charge >= 0.3 is 0 Å². The highest BCUT2D eigenvalue weighted by Crippen LogP contribution is 2.50. The van der Waals surface area contributed by atoms with Gasteiger partial charge in [0, 0.05) is 48.8 Å². The van der Waals surface area contributed by atoms with Gasteiger partial charge in [-0.25, -0.2) is 26.0 Å². The van der Waals surface area contributed by atoms with Crippen LogP contribution in [0, 0.1) is 11.6 Å². The number of morpholine rings is 1. The molecule has 2 atom stereocenters. The van der Waals surface area contributed by atoms with Crippen molar-refractivity contribution in [1.29, 1.82) is 0 Å². The van der Waals surface area contributed by atoms with Gasteiger partial charge in [-0.05, 0) is 12.1 Å². The summed E-state index contributed by atoms with van der Waals surface area (Å²) in [5, 5.41) is 13.0. The Balaban J connectivity index is 1.81. The molecule has 1 aliphatic carbocycles. The molecule has 1 heterocycles. The summed E-state index contributed by atoms with van der Waals surface area (Å²) in [6.45, 7) is 0.531.